The van der Waals surface area contributed by atoms with E-state index in [0.29, 0.717) is 6.61 Å². The number of nitrogens with zero attached hydrogens (tertiary/aromatic N) is 4. The minimum absolute atomic E-state index is 0.656. The van der Waals surface area contributed by atoms with Gasteiger partial charge in [0, 0.05) is 18.6 Å². The van der Waals surface area contributed by atoms with Gasteiger partial charge in [-0.05, 0) is 30.7 Å². The predicted octanol–water partition coefficient (Wildman–Crippen LogP) is 3.11. The van der Waals surface area contributed by atoms with Crippen molar-refractivity contribution in [3.63, 3.8) is 0 Å². The molecular weight excluding hydrogens is 278 g/mol. The normalized spacial score (nSPS) is 11.2. The van der Waals surface area contributed by atoms with Gasteiger partial charge in [0.15, 0.2) is 0 Å². The first-order valence-corrected chi connectivity index (χ1v) is 7.05. The van der Waals surface area contributed by atoms with Crippen molar-refractivity contribution in [1.29, 1.82) is 0 Å². The smallest absolute Gasteiger partial charge is 0.0950 e. The molecule has 0 radical (unpaired) electrons. The average molecular weight is 295 g/mol. The minimum Gasteiger partial charge on any atom is -0.501 e. The molecule has 0 amide bonds. The van der Waals surface area contributed by atoms with Gasteiger partial charge >= 0.3 is 0 Å². The van der Waals surface area contributed by atoms with E-state index in [0.717, 1.165) is 27.8 Å². The summed E-state index contributed by atoms with van der Waals surface area (Å²) in [6.45, 7) is 2.61. The molecule has 6 nitrogen and oxygen atoms in total. The van der Waals surface area contributed by atoms with Gasteiger partial charge in [-0.25, -0.2) is 0 Å². The van der Waals surface area contributed by atoms with Gasteiger partial charge in [-0.2, -0.15) is 15.3 Å². The van der Waals surface area contributed by atoms with Crippen LogP contribution >= 0.6 is 0 Å². The molecule has 1 aromatic carbocycles. The van der Waals surface area contributed by atoms with E-state index in [4.69, 9.17) is 4.74 Å². The summed E-state index contributed by atoms with van der Waals surface area (Å²) >= 11 is 0. The zero-order valence-electron chi connectivity index (χ0n) is 12.5. The highest BCUT2D eigenvalue weighted by Gasteiger charge is 2.05. The summed E-state index contributed by atoms with van der Waals surface area (Å²) in [7, 11) is 1.88. The highest BCUT2D eigenvalue weighted by Crippen LogP contribution is 2.25. The molecule has 0 unspecified atom stereocenters. The molecular formula is C16H17N5O. The van der Waals surface area contributed by atoms with E-state index >= 15 is 0 Å². The number of fused-ring (bicyclic) bond motifs is 1. The zero-order valence-corrected chi connectivity index (χ0v) is 12.5. The van der Waals surface area contributed by atoms with Gasteiger partial charge in [0.25, 0.3) is 0 Å². The monoisotopic (exact) mass is 295 g/mol. The Labute approximate surface area is 128 Å². The molecule has 0 aliphatic heterocycles. The highest BCUT2D eigenvalue weighted by atomic mass is 16.5. The average Bonchev–Trinajstić information content (AvgIpc) is 2.93. The second-order valence-electron chi connectivity index (χ2n) is 4.82. The van der Waals surface area contributed by atoms with E-state index in [1.807, 2.05) is 38.4 Å². The van der Waals surface area contributed by atoms with Crippen molar-refractivity contribution in [2.75, 3.05) is 11.9 Å². The number of ether oxygens (including phenoxy) is 1. The van der Waals surface area contributed by atoms with Crippen LogP contribution in [0.15, 0.2) is 43.1 Å². The van der Waals surface area contributed by atoms with Crippen molar-refractivity contribution in [3.8, 4) is 0 Å². The van der Waals surface area contributed by atoms with Crippen LogP contribution in [0.4, 0.5) is 11.4 Å². The number of nitrogens with one attached hydrogen (secondary N) is 1. The minimum atomic E-state index is 0.656. The molecule has 2 aromatic heterocycles. The van der Waals surface area contributed by atoms with Crippen molar-refractivity contribution < 1.29 is 4.74 Å². The third-order valence-electron chi connectivity index (χ3n) is 3.17. The van der Waals surface area contributed by atoms with Gasteiger partial charge in [0.2, 0.25) is 0 Å². The van der Waals surface area contributed by atoms with Gasteiger partial charge < -0.3 is 10.1 Å². The molecule has 0 fully saturated rings. The molecule has 0 spiro atoms. The fourth-order valence-electron chi connectivity index (χ4n) is 2.14. The Kier molecular flexibility index (Phi) is 4.00. The number of benzene rings is 1. The molecule has 112 valence electrons. The lowest BCUT2D eigenvalue weighted by molar-refractivity contribution is 0.272. The number of rotatable bonds is 5. The maximum absolute atomic E-state index is 5.24. The topological polar surface area (TPSA) is 64.9 Å². The summed E-state index contributed by atoms with van der Waals surface area (Å²) in [5.41, 5.74) is 3.68. The summed E-state index contributed by atoms with van der Waals surface area (Å²) in [5, 5.41) is 16.7. The predicted molar refractivity (Wildman–Crippen MR) is 86.7 cm³/mol. The largest absolute Gasteiger partial charge is 0.501 e. The lowest BCUT2D eigenvalue weighted by atomic mass is 10.1. The molecule has 3 aromatic rings. The van der Waals surface area contributed by atoms with Gasteiger partial charge in [0.05, 0.1) is 42.2 Å². The van der Waals surface area contributed by atoms with Crippen LogP contribution in [0.1, 0.15) is 12.5 Å². The van der Waals surface area contributed by atoms with Crippen LogP contribution < -0.4 is 5.32 Å². The van der Waals surface area contributed by atoms with Crippen molar-refractivity contribution >= 4 is 28.4 Å². The van der Waals surface area contributed by atoms with Gasteiger partial charge in [0.1, 0.15) is 0 Å². The molecule has 0 saturated carbocycles. The highest BCUT2D eigenvalue weighted by molar-refractivity contribution is 5.93. The molecule has 0 aliphatic carbocycles. The van der Waals surface area contributed by atoms with Crippen LogP contribution in [0.25, 0.3) is 17.0 Å². The maximum Gasteiger partial charge on any atom is 0.0950 e. The van der Waals surface area contributed by atoms with Crippen LogP contribution in [0, 0.1) is 0 Å². The molecule has 6 heteroatoms. The first kappa shape index (κ1) is 14.1. The number of anilines is 2. The lowest BCUT2D eigenvalue weighted by Crippen LogP contribution is -1.94. The van der Waals surface area contributed by atoms with Gasteiger partial charge in [-0.15, -0.1) is 0 Å². The van der Waals surface area contributed by atoms with Crippen molar-refractivity contribution in [3.05, 3.63) is 48.6 Å². The Hall–Kier alpha value is -2.89. The molecule has 22 heavy (non-hydrogen) atoms. The summed E-state index contributed by atoms with van der Waals surface area (Å²) in [5.74, 6) is 0. The van der Waals surface area contributed by atoms with E-state index in [1.54, 1.807) is 23.3 Å². The van der Waals surface area contributed by atoms with E-state index in [1.165, 1.54) is 0 Å². The fraction of sp³-hybridized carbons (Fsp3) is 0.188. The Morgan fingerprint density at radius 3 is 3.00 bits per heavy atom. The van der Waals surface area contributed by atoms with Crippen LogP contribution in [-0.2, 0) is 11.8 Å². The Balaban J connectivity index is 1.96. The third-order valence-corrected chi connectivity index (χ3v) is 3.17. The molecule has 0 bridgehead atoms. The number of hydrogen-bond donors (Lipinski definition) is 1. The summed E-state index contributed by atoms with van der Waals surface area (Å²) < 4.78 is 6.99. The maximum atomic E-state index is 5.24. The van der Waals surface area contributed by atoms with Gasteiger partial charge in [-0.1, -0.05) is 6.07 Å². The SMILES string of the molecule is CCO/C=C/c1ccc2nncc(Nc3cnn(C)c3)c2c1. The van der Waals surface area contributed by atoms with Crippen molar-refractivity contribution in [2.45, 2.75) is 6.92 Å². The molecule has 3 rings (SSSR count). The van der Waals surface area contributed by atoms with Crippen LogP contribution in [0.5, 0.6) is 0 Å². The van der Waals surface area contributed by atoms with Crippen LogP contribution in [0.2, 0.25) is 0 Å². The molecule has 2 heterocycles. The van der Waals surface area contributed by atoms with Crippen molar-refractivity contribution in [1.82, 2.24) is 20.0 Å². The summed E-state index contributed by atoms with van der Waals surface area (Å²) in [6.07, 6.45) is 9.02. The fourth-order valence-corrected chi connectivity index (χ4v) is 2.14. The Morgan fingerprint density at radius 1 is 1.32 bits per heavy atom. The van der Waals surface area contributed by atoms with Crippen LogP contribution in [-0.4, -0.2) is 26.6 Å². The quantitative estimate of drug-likeness (QED) is 0.733. The standard InChI is InChI=1S/C16H17N5O/c1-3-22-7-6-12-4-5-15-14(8-12)16(10-17-20-15)19-13-9-18-21(2)11-13/h4-11H,3H2,1-2H3,(H,19,20)/b7-6+. The molecule has 0 aliphatic rings. The second kappa shape index (κ2) is 6.26. The van der Waals surface area contributed by atoms with E-state index < -0.39 is 0 Å². The molecule has 0 saturated heterocycles. The van der Waals surface area contributed by atoms with Crippen molar-refractivity contribution in [2.24, 2.45) is 7.05 Å². The van der Waals surface area contributed by atoms with E-state index in [2.05, 4.69) is 26.7 Å². The van der Waals surface area contributed by atoms with E-state index in [9.17, 15) is 0 Å². The Bertz CT molecular complexity index is 809. The summed E-state index contributed by atoms with van der Waals surface area (Å²) in [6, 6.07) is 5.99. The number of aryl methyl sites for hydroxylation is 1. The third kappa shape index (κ3) is 3.06. The lowest BCUT2D eigenvalue weighted by Gasteiger charge is -2.07. The Morgan fingerprint density at radius 2 is 2.23 bits per heavy atom. The first-order valence-electron chi connectivity index (χ1n) is 7.05. The first-order chi connectivity index (χ1) is 10.8. The molecule has 1 N–H and O–H groups in total. The second-order valence-corrected chi connectivity index (χ2v) is 4.82. The van der Waals surface area contributed by atoms with E-state index in [-0.39, 0.29) is 0 Å². The van der Waals surface area contributed by atoms with Crippen LogP contribution in [0.3, 0.4) is 0 Å². The number of hydrogen-bond acceptors (Lipinski definition) is 5. The number of aromatic nitrogens is 4. The zero-order chi connectivity index (χ0) is 15.4. The van der Waals surface area contributed by atoms with Gasteiger partial charge in [-0.3, -0.25) is 4.68 Å². The molecule has 0 atom stereocenters. The summed E-state index contributed by atoms with van der Waals surface area (Å²) in [4.78, 5) is 0.